The average molecular weight is 579 g/mol. The molecule has 0 amide bonds. The van der Waals surface area contributed by atoms with Crippen LogP contribution in [0.3, 0.4) is 0 Å². The van der Waals surface area contributed by atoms with Gasteiger partial charge in [0.05, 0.1) is 11.0 Å². The number of rotatable bonds is 3. The molecule has 2 aromatic rings. The minimum absolute atomic E-state index is 0.0822. The Kier molecular flexibility index (Phi) is 8.77. The molecule has 0 saturated carbocycles. The van der Waals surface area contributed by atoms with Gasteiger partial charge in [-0.1, -0.05) is 19.1 Å². The van der Waals surface area contributed by atoms with E-state index in [2.05, 4.69) is 9.98 Å². The fourth-order valence-corrected chi connectivity index (χ4v) is 3.21. The predicted molar refractivity (Wildman–Crippen MR) is 96.9 cm³/mol. The third-order valence-electron chi connectivity index (χ3n) is 2.91. The van der Waals surface area contributed by atoms with E-state index in [0.717, 1.165) is 11.4 Å². The summed E-state index contributed by atoms with van der Waals surface area (Å²) in [6, 6.07) is 7.08. The third kappa shape index (κ3) is 7.44. The molecule has 2 N–H and O–H groups in total. The molecule has 0 aliphatic heterocycles. The van der Waals surface area contributed by atoms with Gasteiger partial charge in [-0.2, -0.15) is 5.69 Å². The van der Waals surface area contributed by atoms with E-state index in [-0.39, 0.29) is 5.30 Å². The van der Waals surface area contributed by atoms with Crippen molar-refractivity contribution in [2.45, 2.75) is 20.8 Å². The number of hydrogen-bond acceptors (Lipinski definition) is 2. The second-order valence-electron chi connectivity index (χ2n) is 4.93. The van der Waals surface area contributed by atoms with E-state index in [1.807, 2.05) is 19.1 Å². The molecule has 1 heterocycles. The zero-order valence-corrected chi connectivity index (χ0v) is 19.5. The summed E-state index contributed by atoms with van der Waals surface area (Å²) in [5, 5.41) is 0.0822. The number of nitrogens with zero attached hydrogens (tertiary/aromatic N) is 2. The van der Waals surface area contributed by atoms with Crippen molar-refractivity contribution in [2.24, 2.45) is 4.99 Å². The summed E-state index contributed by atoms with van der Waals surface area (Å²) < 4.78 is 11.4. The summed E-state index contributed by atoms with van der Waals surface area (Å²) in [5.41, 5.74) is 3.42. The summed E-state index contributed by atoms with van der Waals surface area (Å²) in [4.78, 5) is 27.2. The van der Waals surface area contributed by atoms with Gasteiger partial charge in [0.25, 0.3) is 0 Å². The fourth-order valence-electron chi connectivity index (χ4n) is 2.16. The van der Waals surface area contributed by atoms with Crippen LogP contribution in [0.5, 0.6) is 0 Å². The standard InChI is InChI=1S/C14H16N2O3P.3ClH.Ta/c1-9-6-13(7-10(2)14(9)20(17,18)19)15-8-12-5-4-11(3)16-12;;;;/h4-8H,1-3H3,(H2,17,18,19);3*1H;/q-1;;;;+3/p-3. The van der Waals surface area contributed by atoms with Crippen molar-refractivity contribution in [3.05, 3.63) is 46.8 Å². The third-order valence-corrected chi connectivity index (χ3v) is 4.20. The zero-order chi connectivity index (χ0) is 18.5. The molecule has 10 heteroatoms. The molecule has 24 heavy (non-hydrogen) atoms. The Morgan fingerprint density at radius 2 is 1.62 bits per heavy atom. The Morgan fingerprint density at radius 1 is 1.12 bits per heavy atom. The van der Waals surface area contributed by atoms with Gasteiger partial charge in [-0.25, -0.2) is 0 Å². The maximum absolute atomic E-state index is 11.4. The first-order chi connectivity index (χ1) is 11.0. The topological polar surface area (TPSA) is 84.0 Å². The Bertz CT molecular complexity index is 749. The van der Waals surface area contributed by atoms with Crippen LogP contribution >= 0.6 is 35.2 Å². The molecular weight excluding hydrogens is 562 g/mol. The van der Waals surface area contributed by atoms with Crippen LogP contribution < -0.4 is 10.3 Å². The predicted octanol–water partition coefficient (Wildman–Crippen LogP) is 4.19. The summed E-state index contributed by atoms with van der Waals surface area (Å²) in [6.07, 6.45) is 1.64. The van der Waals surface area contributed by atoms with Crippen LogP contribution in [0.2, 0.25) is 0 Å². The van der Waals surface area contributed by atoms with E-state index in [0.29, 0.717) is 16.8 Å². The molecule has 0 bridgehead atoms. The number of hydrogen-bond donors (Lipinski definition) is 2. The van der Waals surface area contributed by atoms with Crippen molar-refractivity contribution in [3.8, 4) is 0 Å². The van der Waals surface area contributed by atoms with Crippen molar-refractivity contribution in [1.82, 2.24) is 4.98 Å². The fraction of sp³-hybridized carbons (Fsp3) is 0.214. The number of aromatic nitrogens is 1. The van der Waals surface area contributed by atoms with Crippen LogP contribution in [0.4, 0.5) is 5.69 Å². The molecular formula is C14H16Cl3N2O3PTa-. The molecule has 2 rings (SSSR count). The van der Waals surface area contributed by atoms with Crippen LogP contribution in [0.15, 0.2) is 29.3 Å². The van der Waals surface area contributed by atoms with Gasteiger partial charge in [-0.15, -0.1) is 5.69 Å². The van der Waals surface area contributed by atoms with Gasteiger partial charge in [0, 0.05) is 6.21 Å². The SMILES string of the molecule is Cc1ccc(C=Nc2cc(C)c(P(=O)(O)O)c(C)c2)[n-]1.[Cl][Ta]([Cl])[Cl]. The summed E-state index contributed by atoms with van der Waals surface area (Å²) in [5.74, 6) is 0. The van der Waals surface area contributed by atoms with Gasteiger partial charge in [-0.3, -0.25) is 9.56 Å². The van der Waals surface area contributed by atoms with Crippen molar-refractivity contribution in [3.63, 3.8) is 0 Å². The Balaban J connectivity index is 0.000000648. The zero-order valence-electron chi connectivity index (χ0n) is 13.1. The van der Waals surface area contributed by atoms with Crippen molar-refractivity contribution in [2.75, 3.05) is 0 Å². The molecule has 0 fully saturated rings. The number of halogens is 3. The molecule has 1 aromatic carbocycles. The van der Waals surface area contributed by atoms with Crippen molar-refractivity contribution >= 4 is 52.4 Å². The average Bonchev–Trinajstić information content (AvgIpc) is 2.79. The summed E-state index contributed by atoms with van der Waals surface area (Å²) in [6.45, 7) is 5.25. The van der Waals surface area contributed by atoms with Crippen LogP contribution in [0.25, 0.3) is 0 Å². The first kappa shape index (κ1) is 22.0. The molecule has 0 spiro atoms. The summed E-state index contributed by atoms with van der Waals surface area (Å²) >= 11 is -2.18. The molecule has 0 aliphatic carbocycles. The number of aryl methyl sites for hydroxylation is 3. The number of aliphatic imine (C=N–C) groups is 1. The van der Waals surface area contributed by atoms with E-state index in [9.17, 15) is 14.4 Å². The molecule has 5 nitrogen and oxygen atoms in total. The monoisotopic (exact) mass is 577 g/mol. The van der Waals surface area contributed by atoms with Gasteiger partial charge in [-0.05, 0) is 37.1 Å². The van der Waals surface area contributed by atoms with Crippen LogP contribution in [0, 0.1) is 20.8 Å². The summed E-state index contributed by atoms with van der Waals surface area (Å²) in [7, 11) is 10.8. The molecule has 0 radical (unpaired) electrons. The minimum atomic E-state index is -4.25. The van der Waals surface area contributed by atoms with Gasteiger partial charge in [0.1, 0.15) is 0 Å². The quantitative estimate of drug-likeness (QED) is 0.423. The Labute approximate surface area is 158 Å². The molecule has 0 aliphatic rings. The van der Waals surface area contributed by atoms with E-state index in [1.54, 1.807) is 32.2 Å². The van der Waals surface area contributed by atoms with E-state index in [4.69, 9.17) is 27.6 Å². The Morgan fingerprint density at radius 3 is 2.00 bits per heavy atom. The van der Waals surface area contributed by atoms with Gasteiger partial charge in [0.15, 0.2) is 0 Å². The van der Waals surface area contributed by atoms with Crippen LogP contribution in [0.1, 0.15) is 22.5 Å². The first-order valence-electron chi connectivity index (χ1n) is 6.60. The number of benzene rings is 1. The van der Waals surface area contributed by atoms with E-state index in [1.165, 1.54) is 0 Å². The van der Waals surface area contributed by atoms with Gasteiger partial charge >= 0.3 is 50.4 Å². The van der Waals surface area contributed by atoms with Crippen molar-refractivity contribution in [1.29, 1.82) is 0 Å². The molecule has 0 atom stereocenters. The van der Waals surface area contributed by atoms with Crippen LogP contribution in [-0.2, 0) is 19.8 Å². The van der Waals surface area contributed by atoms with E-state index >= 15 is 0 Å². The molecule has 1 aromatic heterocycles. The maximum atomic E-state index is 11.4. The van der Waals surface area contributed by atoms with Crippen LogP contribution in [-0.4, -0.2) is 16.0 Å². The van der Waals surface area contributed by atoms with E-state index < -0.39 is 22.8 Å². The Hall–Kier alpha value is -0.0697. The molecule has 132 valence electrons. The molecule has 0 saturated heterocycles. The second kappa shape index (κ2) is 9.58. The van der Waals surface area contributed by atoms with Crippen molar-refractivity contribution < 1.29 is 29.6 Å². The normalized spacial score (nSPS) is 11.7. The van der Waals surface area contributed by atoms with Gasteiger partial charge in [0.2, 0.25) is 0 Å². The van der Waals surface area contributed by atoms with Gasteiger partial charge < -0.3 is 14.8 Å². The molecule has 0 unspecified atom stereocenters. The second-order valence-corrected chi connectivity index (χ2v) is 20.4. The first-order valence-corrected chi connectivity index (χ1v) is 20.2.